The van der Waals surface area contributed by atoms with E-state index in [-0.39, 0.29) is 0 Å². The van der Waals surface area contributed by atoms with Crippen molar-refractivity contribution in [1.29, 1.82) is 0 Å². The van der Waals surface area contributed by atoms with Crippen LogP contribution in [0, 0.1) is 12.8 Å². The Hall–Kier alpha value is -1.84. The Morgan fingerprint density at radius 1 is 1.26 bits per heavy atom. The standard InChI is InChI=1S/C15H21N3O/c1-4-12(5-2)9-16-14-8-13(7-6-11(14)3)15-18-17-10-19-15/h6-8,10,12,16H,4-5,9H2,1-3H3. The first-order valence-corrected chi connectivity index (χ1v) is 6.85. The summed E-state index contributed by atoms with van der Waals surface area (Å²) in [6.07, 6.45) is 3.75. The first-order valence-electron chi connectivity index (χ1n) is 6.85. The molecule has 102 valence electrons. The highest BCUT2D eigenvalue weighted by atomic mass is 16.4. The average Bonchev–Trinajstić information content (AvgIpc) is 2.96. The van der Waals surface area contributed by atoms with Crippen LogP contribution in [0.2, 0.25) is 0 Å². The van der Waals surface area contributed by atoms with Gasteiger partial charge in [-0.1, -0.05) is 32.8 Å². The molecule has 0 fully saturated rings. The third-order valence-corrected chi connectivity index (χ3v) is 3.58. The zero-order valence-electron chi connectivity index (χ0n) is 11.8. The van der Waals surface area contributed by atoms with Crippen molar-refractivity contribution >= 4 is 5.69 Å². The first-order chi connectivity index (χ1) is 9.24. The van der Waals surface area contributed by atoms with E-state index < -0.39 is 0 Å². The highest BCUT2D eigenvalue weighted by Gasteiger charge is 2.08. The molecule has 0 spiro atoms. The second kappa shape index (κ2) is 6.36. The number of nitrogens with one attached hydrogen (secondary N) is 1. The van der Waals surface area contributed by atoms with Gasteiger partial charge in [-0.2, -0.15) is 0 Å². The van der Waals surface area contributed by atoms with Crippen LogP contribution in [0.5, 0.6) is 0 Å². The fraction of sp³-hybridized carbons (Fsp3) is 0.467. The Kier molecular flexibility index (Phi) is 4.55. The maximum absolute atomic E-state index is 5.23. The number of anilines is 1. The van der Waals surface area contributed by atoms with Gasteiger partial charge in [0, 0.05) is 17.8 Å². The molecule has 1 heterocycles. The zero-order valence-corrected chi connectivity index (χ0v) is 11.8. The Labute approximate surface area is 114 Å². The van der Waals surface area contributed by atoms with E-state index in [1.807, 2.05) is 6.07 Å². The summed E-state index contributed by atoms with van der Waals surface area (Å²) in [4.78, 5) is 0. The lowest BCUT2D eigenvalue weighted by atomic mass is 10.0. The number of benzene rings is 1. The molecule has 2 rings (SSSR count). The molecule has 0 unspecified atom stereocenters. The Balaban J connectivity index is 2.14. The van der Waals surface area contributed by atoms with Crippen LogP contribution in [0.15, 0.2) is 29.0 Å². The summed E-state index contributed by atoms with van der Waals surface area (Å²) in [6, 6.07) is 6.16. The fourth-order valence-corrected chi connectivity index (χ4v) is 2.08. The Bertz CT molecular complexity index is 504. The minimum absolute atomic E-state index is 0.561. The number of aryl methyl sites for hydroxylation is 1. The monoisotopic (exact) mass is 259 g/mol. The number of hydrogen-bond donors (Lipinski definition) is 1. The first kappa shape index (κ1) is 13.6. The highest BCUT2D eigenvalue weighted by Crippen LogP contribution is 2.24. The van der Waals surface area contributed by atoms with Gasteiger partial charge in [-0.05, 0) is 30.5 Å². The molecule has 0 aliphatic heterocycles. The molecule has 1 aromatic heterocycles. The van der Waals surface area contributed by atoms with Crippen LogP contribution in [-0.4, -0.2) is 16.7 Å². The van der Waals surface area contributed by atoms with Gasteiger partial charge in [-0.25, -0.2) is 0 Å². The van der Waals surface area contributed by atoms with E-state index in [1.54, 1.807) is 0 Å². The van der Waals surface area contributed by atoms with Gasteiger partial charge in [0.2, 0.25) is 12.3 Å². The largest absolute Gasteiger partial charge is 0.423 e. The second-order valence-corrected chi connectivity index (χ2v) is 4.84. The molecule has 4 heteroatoms. The SMILES string of the molecule is CCC(CC)CNc1cc(-c2nnco2)ccc1C. The summed E-state index contributed by atoms with van der Waals surface area (Å²) >= 11 is 0. The van der Waals surface area contributed by atoms with Crippen LogP contribution in [0.4, 0.5) is 5.69 Å². The molecule has 0 aliphatic carbocycles. The van der Waals surface area contributed by atoms with Crippen molar-refractivity contribution in [3.05, 3.63) is 30.2 Å². The summed E-state index contributed by atoms with van der Waals surface area (Å²) in [7, 11) is 0. The van der Waals surface area contributed by atoms with Gasteiger partial charge in [0.15, 0.2) is 0 Å². The molecule has 19 heavy (non-hydrogen) atoms. The minimum Gasteiger partial charge on any atom is -0.423 e. The smallest absolute Gasteiger partial charge is 0.247 e. The van der Waals surface area contributed by atoms with Crippen LogP contribution in [-0.2, 0) is 0 Å². The summed E-state index contributed by atoms with van der Waals surface area (Å²) in [6.45, 7) is 7.57. The van der Waals surface area contributed by atoms with Crippen molar-refractivity contribution < 1.29 is 4.42 Å². The second-order valence-electron chi connectivity index (χ2n) is 4.84. The molecule has 0 saturated heterocycles. The van der Waals surface area contributed by atoms with Gasteiger partial charge in [-0.3, -0.25) is 0 Å². The van der Waals surface area contributed by atoms with Crippen LogP contribution in [0.1, 0.15) is 32.3 Å². The van der Waals surface area contributed by atoms with Crippen molar-refractivity contribution in [1.82, 2.24) is 10.2 Å². The molecule has 0 aliphatic rings. The topological polar surface area (TPSA) is 51.0 Å². The van der Waals surface area contributed by atoms with E-state index in [0.29, 0.717) is 11.8 Å². The highest BCUT2D eigenvalue weighted by molar-refractivity contribution is 5.64. The molecule has 4 nitrogen and oxygen atoms in total. The van der Waals surface area contributed by atoms with E-state index >= 15 is 0 Å². The van der Waals surface area contributed by atoms with Gasteiger partial charge < -0.3 is 9.73 Å². The summed E-state index contributed by atoms with van der Waals surface area (Å²) in [5.74, 6) is 1.28. The summed E-state index contributed by atoms with van der Waals surface area (Å²) < 4.78 is 5.23. The quantitative estimate of drug-likeness (QED) is 0.855. The fourth-order valence-electron chi connectivity index (χ4n) is 2.08. The molecule has 0 atom stereocenters. The molecule has 0 amide bonds. The number of aromatic nitrogens is 2. The van der Waals surface area contributed by atoms with Crippen LogP contribution in [0.3, 0.4) is 0 Å². The van der Waals surface area contributed by atoms with E-state index in [2.05, 4.69) is 48.4 Å². The summed E-state index contributed by atoms with van der Waals surface area (Å²) in [5, 5.41) is 11.2. The molecule has 0 radical (unpaired) electrons. The third-order valence-electron chi connectivity index (χ3n) is 3.58. The molecular weight excluding hydrogens is 238 g/mol. The average molecular weight is 259 g/mol. The summed E-state index contributed by atoms with van der Waals surface area (Å²) in [5.41, 5.74) is 3.33. The lowest BCUT2D eigenvalue weighted by Gasteiger charge is -2.16. The zero-order chi connectivity index (χ0) is 13.7. The Morgan fingerprint density at radius 2 is 2.05 bits per heavy atom. The Morgan fingerprint density at radius 3 is 2.68 bits per heavy atom. The predicted molar refractivity (Wildman–Crippen MR) is 77.0 cm³/mol. The number of rotatable bonds is 6. The lowest BCUT2D eigenvalue weighted by molar-refractivity contribution is 0.519. The van der Waals surface area contributed by atoms with Gasteiger partial charge in [0.25, 0.3) is 0 Å². The van der Waals surface area contributed by atoms with Crippen molar-refractivity contribution in [2.75, 3.05) is 11.9 Å². The molecule has 2 aromatic rings. The third kappa shape index (κ3) is 3.34. The van der Waals surface area contributed by atoms with Crippen LogP contribution < -0.4 is 5.32 Å². The van der Waals surface area contributed by atoms with Gasteiger partial charge >= 0.3 is 0 Å². The van der Waals surface area contributed by atoms with E-state index in [9.17, 15) is 0 Å². The number of nitrogens with zero attached hydrogens (tertiary/aromatic N) is 2. The lowest BCUT2D eigenvalue weighted by Crippen LogP contribution is -2.13. The van der Waals surface area contributed by atoms with Crippen molar-refractivity contribution in [2.24, 2.45) is 5.92 Å². The molecule has 1 aromatic carbocycles. The van der Waals surface area contributed by atoms with Gasteiger partial charge in [-0.15, -0.1) is 10.2 Å². The van der Waals surface area contributed by atoms with Crippen molar-refractivity contribution in [2.45, 2.75) is 33.6 Å². The van der Waals surface area contributed by atoms with Crippen LogP contribution in [0.25, 0.3) is 11.5 Å². The van der Waals surface area contributed by atoms with Crippen molar-refractivity contribution in [3.63, 3.8) is 0 Å². The maximum Gasteiger partial charge on any atom is 0.247 e. The van der Waals surface area contributed by atoms with Gasteiger partial charge in [0.1, 0.15) is 0 Å². The maximum atomic E-state index is 5.23. The molecule has 0 saturated carbocycles. The predicted octanol–water partition coefficient (Wildman–Crippen LogP) is 3.89. The minimum atomic E-state index is 0.561. The molecule has 0 bridgehead atoms. The van der Waals surface area contributed by atoms with E-state index in [1.165, 1.54) is 24.8 Å². The van der Waals surface area contributed by atoms with Crippen molar-refractivity contribution in [3.8, 4) is 11.5 Å². The van der Waals surface area contributed by atoms with Gasteiger partial charge in [0.05, 0.1) is 0 Å². The number of hydrogen-bond acceptors (Lipinski definition) is 4. The van der Waals surface area contributed by atoms with E-state index in [4.69, 9.17) is 4.42 Å². The molecular formula is C15H21N3O. The normalized spacial score (nSPS) is 10.9. The van der Waals surface area contributed by atoms with E-state index in [0.717, 1.165) is 17.8 Å². The van der Waals surface area contributed by atoms with Crippen LogP contribution >= 0.6 is 0 Å². The molecule has 1 N–H and O–H groups in total.